The first-order valence-corrected chi connectivity index (χ1v) is 8.99. The Morgan fingerprint density at radius 2 is 1.39 bits per heavy atom. The van der Waals surface area contributed by atoms with Crippen LogP contribution in [-0.2, 0) is 4.57 Å². The van der Waals surface area contributed by atoms with E-state index in [9.17, 15) is 4.57 Å². The lowest BCUT2D eigenvalue weighted by Gasteiger charge is -2.20. The van der Waals surface area contributed by atoms with Crippen LogP contribution < -0.4 is 25.4 Å². The third-order valence-electron chi connectivity index (χ3n) is 3.52. The van der Waals surface area contributed by atoms with Crippen molar-refractivity contribution in [2.75, 3.05) is 27.1 Å². The molecular formula is C17H19N2O3P. The van der Waals surface area contributed by atoms with Crippen molar-refractivity contribution in [1.29, 1.82) is 5.26 Å². The summed E-state index contributed by atoms with van der Waals surface area (Å²) in [5.41, 5.74) is 0. The van der Waals surface area contributed by atoms with Crippen LogP contribution >= 0.6 is 7.14 Å². The molecule has 0 radical (unpaired) electrons. The van der Waals surface area contributed by atoms with Crippen molar-refractivity contribution >= 4 is 17.8 Å². The molecule has 0 heterocycles. The van der Waals surface area contributed by atoms with E-state index in [0.717, 1.165) is 0 Å². The fourth-order valence-corrected chi connectivity index (χ4v) is 4.60. The molecule has 0 aromatic heterocycles. The van der Waals surface area contributed by atoms with E-state index < -0.39 is 7.14 Å². The zero-order valence-electron chi connectivity index (χ0n) is 13.2. The van der Waals surface area contributed by atoms with Crippen molar-refractivity contribution in [3.05, 3.63) is 48.5 Å². The zero-order chi connectivity index (χ0) is 16.7. The third-order valence-corrected chi connectivity index (χ3v) is 6.45. The van der Waals surface area contributed by atoms with Crippen LogP contribution in [0.5, 0.6) is 11.5 Å². The van der Waals surface area contributed by atoms with Gasteiger partial charge in [0.2, 0.25) is 0 Å². The molecule has 0 bridgehead atoms. The van der Waals surface area contributed by atoms with Crippen LogP contribution in [0.1, 0.15) is 0 Å². The Balaban J connectivity index is 2.41. The minimum atomic E-state index is -2.89. The Morgan fingerprint density at radius 3 is 1.74 bits per heavy atom. The van der Waals surface area contributed by atoms with Gasteiger partial charge < -0.3 is 14.0 Å². The topological polar surface area (TPSA) is 71.3 Å². The Labute approximate surface area is 136 Å². The molecule has 0 saturated carbocycles. The summed E-state index contributed by atoms with van der Waals surface area (Å²) in [4.78, 5) is 0. The maximum absolute atomic E-state index is 13.6. The van der Waals surface area contributed by atoms with Gasteiger partial charge in [0.05, 0.1) is 33.1 Å². The molecule has 0 fully saturated rings. The first-order chi connectivity index (χ1) is 11.1. The molecular weight excluding hydrogens is 311 g/mol. The van der Waals surface area contributed by atoms with E-state index in [1.807, 2.05) is 6.07 Å². The lowest BCUT2D eigenvalue weighted by molar-refractivity contribution is 0.415. The van der Waals surface area contributed by atoms with Crippen molar-refractivity contribution < 1.29 is 14.0 Å². The Hall–Kier alpha value is -2.28. The number of ether oxygens (including phenoxy) is 2. The lowest BCUT2D eigenvalue weighted by Crippen LogP contribution is -2.26. The van der Waals surface area contributed by atoms with Crippen LogP contribution in [0.15, 0.2) is 48.5 Å². The molecule has 2 rings (SSSR count). The number of benzene rings is 2. The molecule has 0 aliphatic rings. The Morgan fingerprint density at radius 1 is 0.957 bits per heavy atom. The molecule has 2 aromatic rings. The lowest BCUT2D eigenvalue weighted by atomic mass is 10.3. The van der Waals surface area contributed by atoms with Gasteiger partial charge in [-0.3, -0.25) is 5.32 Å². The van der Waals surface area contributed by atoms with Crippen LogP contribution in [0.25, 0.3) is 0 Å². The minimum Gasteiger partial charge on any atom is -0.497 e. The average molecular weight is 330 g/mol. The second kappa shape index (κ2) is 7.82. The van der Waals surface area contributed by atoms with Crippen LogP contribution in [0.4, 0.5) is 0 Å². The van der Waals surface area contributed by atoms with E-state index in [1.165, 1.54) is 0 Å². The average Bonchev–Trinajstić information content (AvgIpc) is 2.62. The number of nitriles is 1. The van der Waals surface area contributed by atoms with E-state index in [4.69, 9.17) is 14.7 Å². The summed E-state index contributed by atoms with van der Waals surface area (Å²) in [6.45, 7) is 0.149. The maximum Gasteiger partial charge on any atom is 0.156 e. The highest BCUT2D eigenvalue weighted by molar-refractivity contribution is 7.78. The summed E-state index contributed by atoms with van der Waals surface area (Å²) < 4.78 is 23.9. The van der Waals surface area contributed by atoms with E-state index in [-0.39, 0.29) is 12.8 Å². The summed E-state index contributed by atoms with van der Waals surface area (Å²) in [6.07, 6.45) is 0.221. The van der Waals surface area contributed by atoms with Crippen LogP contribution in [0.3, 0.4) is 0 Å². The molecule has 0 spiro atoms. The first-order valence-electron chi connectivity index (χ1n) is 7.10. The van der Waals surface area contributed by atoms with Gasteiger partial charge in [0.1, 0.15) is 11.5 Å². The zero-order valence-corrected chi connectivity index (χ0v) is 14.0. The predicted octanol–water partition coefficient (Wildman–Crippen LogP) is 2.09. The highest BCUT2D eigenvalue weighted by atomic mass is 31.2. The van der Waals surface area contributed by atoms with Crippen molar-refractivity contribution in [3.63, 3.8) is 0 Å². The summed E-state index contributed by atoms with van der Waals surface area (Å²) in [5, 5.41) is 13.1. The Bertz CT molecular complexity index is 669. The van der Waals surface area contributed by atoms with Gasteiger partial charge in [0.25, 0.3) is 0 Å². The Kier molecular flexibility index (Phi) is 5.81. The third kappa shape index (κ3) is 3.92. The fraction of sp³-hybridized carbons (Fsp3) is 0.235. The molecule has 0 aliphatic carbocycles. The smallest absolute Gasteiger partial charge is 0.156 e. The van der Waals surface area contributed by atoms with Gasteiger partial charge >= 0.3 is 0 Å². The number of hydrogen-bond acceptors (Lipinski definition) is 5. The number of methoxy groups -OCH3 is 2. The van der Waals surface area contributed by atoms with E-state index >= 15 is 0 Å². The molecule has 0 aliphatic heterocycles. The van der Waals surface area contributed by atoms with Crippen molar-refractivity contribution in [3.8, 4) is 17.6 Å². The quantitative estimate of drug-likeness (QED) is 0.478. The second-order valence-corrected chi connectivity index (χ2v) is 7.71. The molecule has 0 atom stereocenters. The largest absolute Gasteiger partial charge is 0.497 e. The summed E-state index contributed by atoms with van der Waals surface area (Å²) >= 11 is 0. The molecule has 1 N–H and O–H groups in total. The monoisotopic (exact) mass is 330 g/mol. The number of nitrogens with one attached hydrogen (secondary N) is 1. The molecule has 0 unspecified atom stereocenters. The van der Waals surface area contributed by atoms with Crippen LogP contribution in [0, 0.1) is 11.3 Å². The highest BCUT2D eigenvalue weighted by Gasteiger charge is 2.27. The van der Waals surface area contributed by atoms with Gasteiger partial charge in [-0.1, -0.05) is 0 Å². The predicted molar refractivity (Wildman–Crippen MR) is 91.3 cm³/mol. The van der Waals surface area contributed by atoms with E-state index in [0.29, 0.717) is 22.1 Å². The van der Waals surface area contributed by atoms with E-state index in [1.54, 1.807) is 62.8 Å². The highest BCUT2D eigenvalue weighted by Crippen LogP contribution is 2.42. The van der Waals surface area contributed by atoms with Gasteiger partial charge in [-0.15, -0.1) is 0 Å². The van der Waals surface area contributed by atoms with Crippen LogP contribution in [-0.4, -0.2) is 27.1 Å². The van der Waals surface area contributed by atoms with Crippen molar-refractivity contribution in [2.45, 2.75) is 0 Å². The molecule has 2 aromatic carbocycles. The van der Waals surface area contributed by atoms with Gasteiger partial charge in [-0.25, -0.2) is 0 Å². The minimum absolute atomic E-state index is 0.149. The maximum atomic E-state index is 13.6. The van der Waals surface area contributed by atoms with Crippen molar-refractivity contribution in [1.82, 2.24) is 5.32 Å². The molecule has 23 heavy (non-hydrogen) atoms. The fourth-order valence-electron chi connectivity index (χ4n) is 2.25. The van der Waals surface area contributed by atoms with Crippen LogP contribution in [0.2, 0.25) is 0 Å². The van der Waals surface area contributed by atoms with Gasteiger partial charge in [0, 0.05) is 10.6 Å². The van der Waals surface area contributed by atoms with Gasteiger partial charge in [-0.05, 0) is 48.5 Å². The normalized spacial score (nSPS) is 10.8. The molecule has 0 saturated heterocycles. The number of hydrogen-bond donors (Lipinski definition) is 1. The molecule has 0 amide bonds. The number of rotatable bonds is 7. The first kappa shape index (κ1) is 17.1. The SMILES string of the molecule is COc1ccc(P(=O)(CNCC#N)c2ccc(OC)cc2)cc1. The van der Waals surface area contributed by atoms with Gasteiger partial charge in [-0.2, -0.15) is 5.26 Å². The second-order valence-electron chi connectivity index (χ2n) is 4.88. The summed E-state index contributed by atoms with van der Waals surface area (Å²) in [5.74, 6) is 1.42. The van der Waals surface area contributed by atoms with Gasteiger partial charge in [0.15, 0.2) is 7.14 Å². The number of nitrogens with zero attached hydrogens (tertiary/aromatic N) is 1. The molecule has 6 heteroatoms. The molecule has 5 nitrogen and oxygen atoms in total. The summed E-state index contributed by atoms with van der Waals surface area (Å²) in [7, 11) is 0.292. The van der Waals surface area contributed by atoms with Crippen molar-refractivity contribution in [2.24, 2.45) is 0 Å². The molecule has 120 valence electrons. The van der Waals surface area contributed by atoms with E-state index in [2.05, 4.69) is 5.32 Å². The summed E-state index contributed by atoms with van der Waals surface area (Å²) in [6, 6.07) is 16.4. The standard InChI is InChI=1S/C17H19N2O3P/c1-21-14-3-7-16(8-4-14)23(20,13-19-12-11-18)17-9-5-15(22-2)6-10-17/h3-10,19H,12-13H2,1-2H3.